The number of hydrogen-bond acceptors (Lipinski definition) is 4. The number of hydrogen-bond donors (Lipinski definition) is 1. The summed E-state index contributed by atoms with van der Waals surface area (Å²) in [6, 6.07) is 6.35. The summed E-state index contributed by atoms with van der Waals surface area (Å²) in [5.74, 6) is 0.499. The van der Waals surface area contributed by atoms with E-state index >= 15 is 0 Å². The van der Waals surface area contributed by atoms with Gasteiger partial charge in [-0.1, -0.05) is 12.1 Å². The van der Waals surface area contributed by atoms with Crippen molar-refractivity contribution in [2.75, 3.05) is 0 Å². The molecule has 20 heavy (non-hydrogen) atoms. The van der Waals surface area contributed by atoms with Gasteiger partial charge in [0.25, 0.3) is 5.69 Å². The van der Waals surface area contributed by atoms with Gasteiger partial charge in [0.15, 0.2) is 0 Å². The number of nitro benzene ring substituents is 1. The first-order valence-corrected chi connectivity index (χ1v) is 6.07. The van der Waals surface area contributed by atoms with Crippen LogP contribution in [0, 0.1) is 10.1 Å². The van der Waals surface area contributed by atoms with Gasteiger partial charge in [-0.25, -0.2) is 14.3 Å². The normalized spacial score (nSPS) is 10.4. The van der Waals surface area contributed by atoms with Crippen molar-refractivity contribution in [3.8, 4) is 0 Å². The first-order valence-electron chi connectivity index (χ1n) is 6.07. The van der Waals surface area contributed by atoms with Crippen molar-refractivity contribution >= 4 is 11.8 Å². The molecule has 1 N–H and O–H groups in total. The Hall–Kier alpha value is -2.70. The number of nitrogens with zero attached hydrogens (tertiary/aromatic N) is 3. The number of aryl methyl sites for hydroxylation is 2. The topological polar surface area (TPSA) is 98.3 Å². The molecule has 0 fully saturated rings. The molecule has 0 aliphatic carbocycles. The largest absolute Gasteiger partial charge is 0.464 e. The quantitative estimate of drug-likeness (QED) is 0.667. The Kier molecular flexibility index (Phi) is 4.09. The second-order valence-electron chi connectivity index (χ2n) is 4.27. The van der Waals surface area contributed by atoms with Crippen molar-refractivity contribution in [2.24, 2.45) is 0 Å². The minimum absolute atomic E-state index is 0.0650. The molecule has 0 saturated heterocycles. The first-order chi connectivity index (χ1) is 9.58. The molecule has 1 aromatic heterocycles. The number of benzene rings is 1. The summed E-state index contributed by atoms with van der Waals surface area (Å²) in [7, 11) is 0. The highest BCUT2D eigenvalue weighted by molar-refractivity contribution is 5.68. The van der Waals surface area contributed by atoms with E-state index in [1.165, 1.54) is 24.5 Å². The molecular weight excluding hydrogens is 262 g/mol. The summed E-state index contributed by atoms with van der Waals surface area (Å²) < 4.78 is 1.09. The summed E-state index contributed by atoms with van der Waals surface area (Å²) >= 11 is 0. The van der Waals surface area contributed by atoms with Crippen LogP contribution in [0.2, 0.25) is 0 Å². The standard InChI is InChI=1S/C13H13N3O4/c17-13(18)15-9-8-14-12(15)3-1-2-10-4-6-11(7-5-10)16(19)20/h4-9H,1-3H2,(H,17,18). The van der Waals surface area contributed by atoms with Crippen molar-refractivity contribution in [3.63, 3.8) is 0 Å². The summed E-state index contributed by atoms with van der Waals surface area (Å²) in [4.78, 5) is 25.0. The fourth-order valence-electron chi connectivity index (χ4n) is 1.93. The Morgan fingerprint density at radius 1 is 1.30 bits per heavy atom. The molecule has 0 bridgehead atoms. The van der Waals surface area contributed by atoms with E-state index in [9.17, 15) is 14.9 Å². The van der Waals surface area contributed by atoms with Gasteiger partial charge >= 0.3 is 6.09 Å². The first kappa shape index (κ1) is 13.7. The third kappa shape index (κ3) is 3.19. The molecule has 0 atom stereocenters. The van der Waals surface area contributed by atoms with Crippen LogP contribution in [0.4, 0.5) is 10.5 Å². The molecule has 7 nitrogen and oxygen atoms in total. The molecule has 0 unspecified atom stereocenters. The summed E-state index contributed by atoms with van der Waals surface area (Å²) in [6.07, 6.45) is 3.79. The molecule has 0 saturated carbocycles. The Labute approximate surface area is 114 Å². The van der Waals surface area contributed by atoms with Gasteiger partial charge < -0.3 is 5.11 Å². The number of non-ortho nitro benzene ring substituents is 1. The molecule has 2 aromatic rings. The fraction of sp³-hybridized carbons (Fsp3) is 0.231. The van der Waals surface area contributed by atoms with Crippen molar-refractivity contribution in [1.29, 1.82) is 0 Å². The van der Waals surface area contributed by atoms with Crippen molar-refractivity contribution in [1.82, 2.24) is 9.55 Å². The number of imidazole rings is 1. The molecular formula is C13H13N3O4. The average molecular weight is 275 g/mol. The molecule has 1 heterocycles. The van der Waals surface area contributed by atoms with Crippen LogP contribution in [0.5, 0.6) is 0 Å². The molecule has 1 aromatic carbocycles. The van der Waals surface area contributed by atoms with E-state index in [0.29, 0.717) is 18.7 Å². The zero-order chi connectivity index (χ0) is 14.5. The van der Waals surface area contributed by atoms with Gasteiger partial charge in [-0.15, -0.1) is 0 Å². The third-order valence-corrected chi connectivity index (χ3v) is 2.94. The zero-order valence-electron chi connectivity index (χ0n) is 10.6. The molecule has 7 heteroatoms. The maximum absolute atomic E-state index is 10.9. The number of aromatic nitrogens is 2. The lowest BCUT2D eigenvalue weighted by Gasteiger charge is -2.03. The second-order valence-corrected chi connectivity index (χ2v) is 4.27. The Morgan fingerprint density at radius 3 is 2.60 bits per heavy atom. The highest BCUT2D eigenvalue weighted by Gasteiger charge is 2.08. The maximum Gasteiger partial charge on any atom is 0.416 e. The number of carbonyl (C=O) groups is 1. The van der Waals surface area contributed by atoms with E-state index in [2.05, 4.69) is 4.98 Å². The van der Waals surface area contributed by atoms with Gasteiger partial charge in [-0.2, -0.15) is 0 Å². The number of rotatable bonds is 5. The Bertz CT molecular complexity index is 619. The van der Waals surface area contributed by atoms with Crippen LogP contribution in [0.15, 0.2) is 36.7 Å². The molecule has 0 amide bonds. The van der Waals surface area contributed by atoms with E-state index in [1.807, 2.05) is 0 Å². The molecule has 0 radical (unpaired) electrons. The van der Waals surface area contributed by atoms with Crippen LogP contribution in [0.25, 0.3) is 0 Å². The predicted octanol–water partition coefficient (Wildman–Crippen LogP) is 2.49. The summed E-state index contributed by atoms with van der Waals surface area (Å²) in [5.41, 5.74) is 1.04. The van der Waals surface area contributed by atoms with Crippen molar-refractivity contribution < 1.29 is 14.8 Å². The minimum atomic E-state index is -1.05. The smallest absolute Gasteiger partial charge is 0.416 e. The highest BCUT2D eigenvalue weighted by Crippen LogP contribution is 2.14. The van der Waals surface area contributed by atoms with Crippen molar-refractivity contribution in [2.45, 2.75) is 19.3 Å². The van der Waals surface area contributed by atoms with Crippen molar-refractivity contribution in [3.05, 3.63) is 58.2 Å². The minimum Gasteiger partial charge on any atom is -0.464 e. The van der Waals surface area contributed by atoms with E-state index < -0.39 is 11.0 Å². The molecule has 2 rings (SSSR count). The van der Waals surface area contributed by atoms with Crippen LogP contribution >= 0.6 is 0 Å². The van der Waals surface area contributed by atoms with Crippen LogP contribution in [-0.2, 0) is 12.8 Å². The van der Waals surface area contributed by atoms with Crippen LogP contribution in [-0.4, -0.2) is 25.7 Å². The lowest BCUT2D eigenvalue weighted by atomic mass is 10.1. The van der Waals surface area contributed by atoms with E-state index in [0.717, 1.165) is 16.6 Å². The van der Waals surface area contributed by atoms with Gasteiger partial charge in [0.1, 0.15) is 5.82 Å². The Balaban J connectivity index is 1.91. The third-order valence-electron chi connectivity index (χ3n) is 2.94. The van der Waals surface area contributed by atoms with Gasteiger partial charge in [-0.3, -0.25) is 10.1 Å². The van der Waals surface area contributed by atoms with Crippen LogP contribution < -0.4 is 0 Å². The lowest BCUT2D eigenvalue weighted by molar-refractivity contribution is -0.384. The maximum atomic E-state index is 10.9. The van der Waals surface area contributed by atoms with Crippen LogP contribution in [0.1, 0.15) is 17.8 Å². The SMILES string of the molecule is O=C(O)n1ccnc1CCCc1ccc([N+](=O)[O-])cc1. The van der Waals surface area contributed by atoms with Crippen LogP contribution in [0.3, 0.4) is 0 Å². The number of carboxylic acid groups (broad SMARTS) is 1. The molecule has 0 aliphatic heterocycles. The average Bonchev–Trinajstić information content (AvgIpc) is 2.88. The molecule has 104 valence electrons. The zero-order valence-corrected chi connectivity index (χ0v) is 10.6. The van der Waals surface area contributed by atoms with E-state index in [1.54, 1.807) is 12.1 Å². The highest BCUT2D eigenvalue weighted by atomic mass is 16.6. The molecule has 0 aliphatic rings. The van der Waals surface area contributed by atoms with Gasteiger partial charge in [0.2, 0.25) is 0 Å². The Morgan fingerprint density at radius 2 is 2.00 bits per heavy atom. The second kappa shape index (κ2) is 5.96. The number of nitro groups is 1. The van der Waals surface area contributed by atoms with Gasteiger partial charge in [-0.05, 0) is 18.4 Å². The lowest BCUT2D eigenvalue weighted by Crippen LogP contribution is -2.11. The molecule has 0 spiro atoms. The van der Waals surface area contributed by atoms with E-state index in [4.69, 9.17) is 5.11 Å². The summed E-state index contributed by atoms with van der Waals surface area (Å²) in [5, 5.41) is 19.4. The van der Waals surface area contributed by atoms with Gasteiger partial charge in [0.05, 0.1) is 4.92 Å². The van der Waals surface area contributed by atoms with Gasteiger partial charge in [0, 0.05) is 30.9 Å². The monoisotopic (exact) mass is 275 g/mol. The van der Waals surface area contributed by atoms with E-state index in [-0.39, 0.29) is 5.69 Å². The summed E-state index contributed by atoms with van der Waals surface area (Å²) in [6.45, 7) is 0. The predicted molar refractivity (Wildman–Crippen MR) is 70.8 cm³/mol. The fourth-order valence-corrected chi connectivity index (χ4v) is 1.93.